The minimum absolute atomic E-state index is 0.160. The van der Waals surface area contributed by atoms with Gasteiger partial charge in [-0.3, -0.25) is 9.10 Å². The number of ether oxygens (including phenoxy) is 1. The first-order valence-electron chi connectivity index (χ1n) is 11.4. The predicted molar refractivity (Wildman–Crippen MR) is 151 cm³/mol. The van der Waals surface area contributed by atoms with E-state index >= 15 is 0 Å². The first-order valence-corrected chi connectivity index (χ1v) is 14.4. The molecule has 0 heterocycles. The monoisotopic (exact) mass is 636 g/mol. The number of sulfonamides is 1. The lowest BCUT2D eigenvalue weighted by atomic mass is 10.0. The molecule has 0 aliphatic heterocycles. The maximum absolute atomic E-state index is 13.5. The van der Waals surface area contributed by atoms with Gasteiger partial charge in [0.1, 0.15) is 5.75 Å². The van der Waals surface area contributed by atoms with Gasteiger partial charge in [0.15, 0.2) is 6.61 Å². The van der Waals surface area contributed by atoms with E-state index in [2.05, 4.69) is 37.2 Å². The first kappa shape index (κ1) is 28.2. The van der Waals surface area contributed by atoms with Gasteiger partial charge in [-0.15, -0.1) is 0 Å². The third-order valence-corrected chi connectivity index (χ3v) is 9.53. The van der Waals surface area contributed by atoms with Gasteiger partial charge in [-0.1, -0.05) is 44.0 Å². The molecule has 36 heavy (non-hydrogen) atoms. The standard InChI is InChI=1S/C27H30Br2N2O4S/c1-16-13-17(2)19(4)27(18(16)3)36(33,34)31(6)22-8-10-23(11-9-22)35-15-26(32)30-20(5)24-12-7-21(28)14-25(24)29/h7-14,20H,15H2,1-6H3,(H,30,32). The normalized spacial score (nSPS) is 12.2. The Hall–Kier alpha value is -2.36. The third-order valence-electron chi connectivity index (χ3n) is 6.29. The van der Waals surface area contributed by atoms with Crippen molar-refractivity contribution < 1.29 is 17.9 Å². The Morgan fingerprint density at radius 2 is 1.56 bits per heavy atom. The molecular formula is C27H30Br2N2O4S. The average Bonchev–Trinajstić information content (AvgIpc) is 2.81. The highest BCUT2D eigenvalue weighted by Crippen LogP contribution is 2.31. The Morgan fingerprint density at radius 1 is 0.972 bits per heavy atom. The second-order valence-corrected chi connectivity index (χ2v) is 12.5. The Kier molecular flexibility index (Phi) is 8.90. The number of hydrogen-bond acceptors (Lipinski definition) is 4. The van der Waals surface area contributed by atoms with Gasteiger partial charge in [0.25, 0.3) is 15.9 Å². The highest BCUT2D eigenvalue weighted by Gasteiger charge is 2.27. The van der Waals surface area contributed by atoms with Gasteiger partial charge in [0.05, 0.1) is 16.6 Å². The molecule has 0 aromatic heterocycles. The Labute approximate surface area is 230 Å². The summed E-state index contributed by atoms with van der Waals surface area (Å²) in [7, 11) is -2.22. The molecule has 1 N–H and O–H groups in total. The smallest absolute Gasteiger partial charge is 0.264 e. The maximum Gasteiger partial charge on any atom is 0.264 e. The molecule has 0 aliphatic rings. The highest BCUT2D eigenvalue weighted by molar-refractivity contribution is 9.11. The number of benzene rings is 3. The average molecular weight is 638 g/mol. The lowest BCUT2D eigenvalue weighted by Crippen LogP contribution is -2.31. The molecule has 9 heteroatoms. The van der Waals surface area contributed by atoms with Crippen LogP contribution in [0, 0.1) is 27.7 Å². The van der Waals surface area contributed by atoms with Crippen LogP contribution in [0.25, 0.3) is 0 Å². The van der Waals surface area contributed by atoms with Crippen molar-refractivity contribution in [2.24, 2.45) is 0 Å². The van der Waals surface area contributed by atoms with Crippen molar-refractivity contribution in [2.75, 3.05) is 18.0 Å². The van der Waals surface area contributed by atoms with Crippen LogP contribution in [0.15, 0.2) is 62.4 Å². The van der Waals surface area contributed by atoms with Gasteiger partial charge < -0.3 is 10.1 Å². The van der Waals surface area contributed by atoms with Crippen LogP contribution < -0.4 is 14.4 Å². The number of nitrogens with one attached hydrogen (secondary N) is 1. The van der Waals surface area contributed by atoms with Gasteiger partial charge >= 0.3 is 0 Å². The van der Waals surface area contributed by atoms with E-state index in [0.717, 1.165) is 36.8 Å². The van der Waals surface area contributed by atoms with Crippen molar-refractivity contribution >= 4 is 53.5 Å². The lowest BCUT2D eigenvalue weighted by molar-refractivity contribution is -0.123. The Bertz CT molecular complexity index is 1360. The summed E-state index contributed by atoms with van der Waals surface area (Å²) >= 11 is 6.94. The number of carbonyl (C=O) groups is 1. The first-order chi connectivity index (χ1) is 16.8. The molecule has 0 bridgehead atoms. The topological polar surface area (TPSA) is 75.7 Å². The summed E-state index contributed by atoms with van der Waals surface area (Å²) in [4.78, 5) is 12.8. The SMILES string of the molecule is Cc1cc(C)c(C)c(S(=O)(=O)N(C)c2ccc(OCC(=O)NC(C)c3ccc(Br)cc3Br)cc2)c1C. The van der Waals surface area contributed by atoms with Crippen LogP contribution in [0.2, 0.25) is 0 Å². The van der Waals surface area contributed by atoms with E-state index in [1.54, 1.807) is 24.3 Å². The number of anilines is 1. The maximum atomic E-state index is 13.5. The third kappa shape index (κ3) is 6.12. The molecule has 3 aromatic rings. The van der Waals surface area contributed by atoms with Crippen molar-refractivity contribution in [3.63, 3.8) is 0 Å². The summed E-state index contributed by atoms with van der Waals surface area (Å²) in [5.41, 5.74) is 4.83. The van der Waals surface area contributed by atoms with E-state index in [1.807, 2.05) is 58.9 Å². The molecule has 0 saturated carbocycles. The predicted octanol–water partition coefficient (Wildman–Crippen LogP) is 6.53. The number of nitrogens with zero attached hydrogens (tertiary/aromatic N) is 1. The molecule has 3 aromatic carbocycles. The second-order valence-electron chi connectivity index (χ2n) is 8.80. The van der Waals surface area contributed by atoms with Crippen LogP contribution in [0.3, 0.4) is 0 Å². The van der Waals surface area contributed by atoms with Gasteiger partial charge in [-0.05, 0) is 98.8 Å². The van der Waals surface area contributed by atoms with Crippen molar-refractivity contribution in [1.82, 2.24) is 5.32 Å². The zero-order valence-electron chi connectivity index (χ0n) is 21.1. The quantitative estimate of drug-likeness (QED) is 0.305. The lowest BCUT2D eigenvalue weighted by Gasteiger charge is -2.24. The molecule has 192 valence electrons. The largest absolute Gasteiger partial charge is 0.484 e. The van der Waals surface area contributed by atoms with E-state index in [9.17, 15) is 13.2 Å². The van der Waals surface area contributed by atoms with Crippen LogP contribution in [0.1, 0.15) is 40.8 Å². The highest BCUT2D eigenvalue weighted by atomic mass is 79.9. The molecule has 0 saturated heterocycles. The van der Waals surface area contributed by atoms with Crippen LogP contribution in [0.4, 0.5) is 5.69 Å². The molecule has 1 unspecified atom stereocenters. The molecule has 1 atom stereocenters. The number of hydrogen-bond donors (Lipinski definition) is 1. The van der Waals surface area contributed by atoms with Gasteiger partial charge in [-0.25, -0.2) is 8.42 Å². The second kappa shape index (κ2) is 11.4. The van der Waals surface area contributed by atoms with Crippen molar-refractivity contribution in [1.29, 1.82) is 0 Å². The van der Waals surface area contributed by atoms with E-state index in [4.69, 9.17) is 4.74 Å². The molecule has 0 aliphatic carbocycles. The van der Waals surface area contributed by atoms with Gasteiger partial charge in [0.2, 0.25) is 0 Å². The molecule has 6 nitrogen and oxygen atoms in total. The Balaban J connectivity index is 1.67. The number of aryl methyl sites for hydroxylation is 2. The summed E-state index contributed by atoms with van der Waals surface area (Å²) in [6.45, 7) is 9.24. The zero-order chi connectivity index (χ0) is 26.8. The Morgan fingerprint density at radius 3 is 2.11 bits per heavy atom. The molecule has 0 radical (unpaired) electrons. The molecule has 0 fully saturated rings. The van der Waals surface area contributed by atoms with E-state index in [0.29, 0.717) is 16.3 Å². The minimum Gasteiger partial charge on any atom is -0.484 e. The molecule has 0 spiro atoms. The fourth-order valence-corrected chi connectivity index (χ4v) is 7.12. The van der Waals surface area contributed by atoms with Crippen LogP contribution in [-0.2, 0) is 14.8 Å². The molecular weight excluding hydrogens is 608 g/mol. The molecule has 1 amide bonds. The zero-order valence-corrected chi connectivity index (χ0v) is 25.1. The fraction of sp³-hybridized carbons (Fsp3) is 0.296. The van der Waals surface area contributed by atoms with E-state index in [1.165, 1.54) is 11.4 Å². The fourth-order valence-electron chi connectivity index (χ4n) is 3.96. The molecule has 3 rings (SSSR count). The van der Waals surface area contributed by atoms with E-state index in [-0.39, 0.29) is 18.6 Å². The summed E-state index contributed by atoms with van der Waals surface area (Å²) in [5.74, 6) is 0.206. The number of amides is 1. The van der Waals surface area contributed by atoms with Crippen molar-refractivity contribution in [3.8, 4) is 5.75 Å². The van der Waals surface area contributed by atoms with E-state index < -0.39 is 10.0 Å². The minimum atomic E-state index is -3.76. The van der Waals surface area contributed by atoms with Crippen molar-refractivity contribution in [3.05, 3.63) is 85.3 Å². The summed E-state index contributed by atoms with van der Waals surface area (Å²) in [5, 5.41) is 2.92. The summed E-state index contributed by atoms with van der Waals surface area (Å²) in [6.07, 6.45) is 0. The van der Waals surface area contributed by atoms with Gasteiger partial charge in [-0.2, -0.15) is 0 Å². The van der Waals surface area contributed by atoms with Crippen molar-refractivity contribution in [2.45, 2.75) is 45.6 Å². The van der Waals surface area contributed by atoms with Crippen LogP contribution in [0.5, 0.6) is 5.75 Å². The van der Waals surface area contributed by atoms with Crippen LogP contribution in [-0.4, -0.2) is 28.0 Å². The van der Waals surface area contributed by atoms with Gasteiger partial charge in [0, 0.05) is 16.0 Å². The summed E-state index contributed by atoms with van der Waals surface area (Å²) < 4.78 is 35.7. The number of rotatable bonds is 8. The number of carbonyl (C=O) groups excluding carboxylic acids is 1. The summed E-state index contributed by atoms with van der Waals surface area (Å²) in [6, 6.07) is 14.2. The van der Waals surface area contributed by atoms with Crippen LogP contribution >= 0.6 is 31.9 Å². The number of halogens is 2.